The Morgan fingerprint density at radius 2 is 0.915 bits per heavy atom. The van der Waals surface area contributed by atoms with Crippen molar-refractivity contribution < 1.29 is 0 Å². The van der Waals surface area contributed by atoms with Gasteiger partial charge >= 0.3 is 0 Å². The Hall–Kier alpha value is -6.91. The zero-order valence-corrected chi connectivity index (χ0v) is 33.9. The zero-order chi connectivity index (χ0) is 39.9. The first-order valence-electron chi connectivity index (χ1n) is 20.7. The van der Waals surface area contributed by atoms with Crippen molar-refractivity contribution in [3.05, 3.63) is 181 Å². The molecule has 0 amide bonds. The molecule has 0 radical (unpaired) electrons. The summed E-state index contributed by atoms with van der Waals surface area (Å²) in [5.41, 5.74) is 11.9. The molecule has 2 heterocycles. The van der Waals surface area contributed by atoms with Crippen LogP contribution in [0.5, 0.6) is 0 Å². The van der Waals surface area contributed by atoms with Gasteiger partial charge in [-0.1, -0.05) is 167 Å². The lowest BCUT2D eigenvalue weighted by Gasteiger charge is -2.42. The van der Waals surface area contributed by atoms with Gasteiger partial charge in [-0.05, 0) is 97.8 Å². The van der Waals surface area contributed by atoms with E-state index in [1.165, 1.54) is 62.1 Å². The molecule has 0 unspecified atom stereocenters. The summed E-state index contributed by atoms with van der Waals surface area (Å²) in [6, 6.07) is 61.0. The van der Waals surface area contributed by atoms with E-state index in [1.54, 1.807) is 0 Å². The maximum Gasteiger partial charge on any atom is 0.164 e. The minimum atomic E-state index is 0.0918. The minimum Gasteiger partial charge on any atom is -0.309 e. The maximum absolute atomic E-state index is 5.26. The fourth-order valence-corrected chi connectivity index (χ4v) is 9.54. The molecule has 0 spiro atoms. The molecule has 1 aliphatic carbocycles. The van der Waals surface area contributed by atoms with E-state index >= 15 is 0 Å². The molecule has 59 heavy (non-hydrogen) atoms. The summed E-state index contributed by atoms with van der Waals surface area (Å²) in [4.78, 5) is 15.7. The first-order chi connectivity index (χ1) is 28.7. The van der Waals surface area contributed by atoms with E-state index in [2.05, 4.69) is 202 Å². The highest BCUT2D eigenvalue weighted by Gasteiger charge is 2.38. The average molecular weight is 761 g/mol. The zero-order valence-electron chi connectivity index (χ0n) is 33.9. The van der Waals surface area contributed by atoms with Crippen LogP contribution in [0.25, 0.3) is 94.3 Å². The second kappa shape index (κ2) is 13.3. The Balaban J connectivity index is 1.09. The van der Waals surface area contributed by atoms with E-state index in [0.717, 1.165) is 38.7 Å². The predicted molar refractivity (Wildman–Crippen MR) is 246 cm³/mol. The van der Waals surface area contributed by atoms with Gasteiger partial charge in [0.05, 0.1) is 11.0 Å². The molecule has 10 aromatic rings. The fraction of sp³-hybridized carbons (Fsp3) is 0.145. The second-order valence-electron chi connectivity index (χ2n) is 17.5. The lowest BCUT2D eigenvalue weighted by molar-refractivity contribution is 0.332. The molecule has 0 aliphatic heterocycles. The maximum atomic E-state index is 5.26. The van der Waals surface area contributed by atoms with E-state index in [4.69, 9.17) is 15.0 Å². The molecule has 11 rings (SSSR count). The van der Waals surface area contributed by atoms with Crippen LogP contribution in [-0.2, 0) is 10.8 Å². The molecule has 0 bridgehead atoms. The molecule has 0 fully saturated rings. The monoisotopic (exact) mass is 760 g/mol. The summed E-state index contributed by atoms with van der Waals surface area (Å²) in [5, 5.41) is 7.28. The SMILES string of the molecule is CC1(C)CCC(C)(C)c2cc3c(cc21)c1ccccc1n3-c1cccc(-c2nc(-c3ccc(-c4cccc5ccccc45)cc3)nc(-c3cccc4ccccc34)n2)c1. The van der Waals surface area contributed by atoms with Gasteiger partial charge in [-0.15, -0.1) is 0 Å². The lowest BCUT2D eigenvalue weighted by atomic mass is 9.63. The molecule has 2 aromatic heterocycles. The Morgan fingerprint density at radius 1 is 0.390 bits per heavy atom. The highest BCUT2D eigenvalue weighted by molar-refractivity contribution is 6.10. The molecule has 4 heteroatoms. The normalized spacial score (nSPS) is 14.6. The number of nitrogens with zero attached hydrogens (tertiary/aromatic N) is 4. The van der Waals surface area contributed by atoms with E-state index in [9.17, 15) is 0 Å². The van der Waals surface area contributed by atoms with E-state index in [-0.39, 0.29) is 10.8 Å². The van der Waals surface area contributed by atoms with Crippen molar-refractivity contribution in [3.8, 4) is 51.0 Å². The van der Waals surface area contributed by atoms with Gasteiger partial charge in [0.25, 0.3) is 0 Å². The van der Waals surface area contributed by atoms with Gasteiger partial charge in [0.1, 0.15) is 0 Å². The van der Waals surface area contributed by atoms with Crippen molar-refractivity contribution in [1.82, 2.24) is 19.5 Å². The molecule has 0 saturated heterocycles. The first-order valence-corrected chi connectivity index (χ1v) is 20.7. The van der Waals surface area contributed by atoms with Gasteiger partial charge in [0, 0.05) is 33.2 Å². The number of para-hydroxylation sites is 1. The predicted octanol–water partition coefficient (Wildman–Crippen LogP) is 14.3. The summed E-state index contributed by atoms with van der Waals surface area (Å²) < 4.78 is 2.44. The molecule has 0 atom stereocenters. The molecule has 0 saturated carbocycles. The van der Waals surface area contributed by atoms with E-state index < -0.39 is 0 Å². The van der Waals surface area contributed by atoms with Crippen molar-refractivity contribution >= 4 is 43.4 Å². The third-order valence-corrected chi connectivity index (χ3v) is 12.9. The van der Waals surface area contributed by atoms with Crippen molar-refractivity contribution in [2.75, 3.05) is 0 Å². The number of aromatic nitrogens is 4. The first kappa shape index (κ1) is 35.3. The van der Waals surface area contributed by atoms with Crippen molar-refractivity contribution in [2.45, 2.75) is 51.4 Å². The summed E-state index contributed by atoms with van der Waals surface area (Å²) in [7, 11) is 0. The average Bonchev–Trinajstić information content (AvgIpc) is 3.61. The summed E-state index contributed by atoms with van der Waals surface area (Å²) >= 11 is 0. The Bertz CT molecular complexity index is 3270. The van der Waals surface area contributed by atoms with Crippen LogP contribution in [0.2, 0.25) is 0 Å². The van der Waals surface area contributed by atoms with E-state index in [0.29, 0.717) is 17.5 Å². The number of benzene rings is 8. The molecule has 4 nitrogen and oxygen atoms in total. The Kier molecular flexibility index (Phi) is 7.96. The van der Waals surface area contributed by atoms with Crippen LogP contribution in [-0.4, -0.2) is 19.5 Å². The van der Waals surface area contributed by atoms with Crippen LogP contribution < -0.4 is 0 Å². The summed E-state index contributed by atoms with van der Waals surface area (Å²) in [6.07, 6.45) is 2.35. The Labute approximate surface area is 344 Å². The summed E-state index contributed by atoms with van der Waals surface area (Å²) in [5.74, 6) is 1.93. The second-order valence-corrected chi connectivity index (χ2v) is 17.5. The van der Waals surface area contributed by atoms with Crippen LogP contribution in [0.3, 0.4) is 0 Å². The number of rotatable bonds is 5. The lowest BCUT2D eigenvalue weighted by Crippen LogP contribution is -2.33. The molecular weight excluding hydrogens is 717 g/mol. The molecule has 1 aliphatic rings. The van der Waals surface area contributed by atoms with Gasteiger partial charge in [0.15, 0.2) is 17.5 Å². The highest BCUT2D eigenvalue weighted by Crippen LogP contribution is 2.48. The number of hydrogen-bond donors (Lipinski definition) is 0. The molecular formula is C55H44N4. The summed E-state index contributed by atoms with van der Waals surface area (Å²) in [6.45, 7) is 9.63. The molecule has 8 aromatic carbocycles. The number of fused-ring (bicyclic) bond motifs is 6. The standard InChI is InChI=1S/C55H44N4/c1-54(2)30-31-55(3,4)48-34-50-46(33-47(48)54)44-22-9-10-25-49(44)59(50)40-19-11-18-39(32-40)52-56-51(57-53(58-52)45-24-13-17-36-15-6-8-21-43(36)45)38-28-26-37(27-29-38)42-23-12-16-35-14-5-7-20-41(35)42/h5-29,32-34H,30-31H2,1-4H3. The van der Waals surface area contributed by atoms with Crippen LogP contribution in [0.4, 0.5) is 0 Å². The highest BCUT2D eigenvalue weighted by atomic mass is 15.0. The van der Waals surface area contributed by atoms with Gasteiger partial charge in [-0.2, -0.15) is 0 Å². The van der Waals surface area contributed by atoms with Gasteiger partial charge in [-0.3, -0.25) is 0 Å². The third-order valence-electron chi connectivity index (χ3n) is 12.9. The van der Waals surface area contributed by atoms with Crippen LogP contribution in [0.15, 0.2) is 170 Å². The van der Waals surface area contributed by atoms with Crippen LogP contribution in [0, 0.1) is 0 Å². The van der Waals surface area contributed by atoms with Crippen molar-refractivity contribution in [3.63, 3.8) is 0 Å². The number of hydrogen-bond acceptors (Lipinski definition) is 3. The fourth-order valence-electron chi connectivity index (χ4n) is 9.54. The smallest absolute Gasteiger partial charge is 0.164 e. The topological polar surface area (TPSA) is 43.6 Å². The van der Waals surface area contributed by atoms with E-state index in [1.807, 2.05) is 0 Å². The molecule has 0 N–H and O–H groups in total. The van der Waals surface area contributed by atoms with Crippen molar-refractivity contribution in [2.24, 2.45) is 0 Å². The van der Waals surface area contributed by atoms with Gasteiger partial charge < -0.3 is 4.57 Å². The Morgan fingerprint density at radius 3 is 1.63 bits per heavy atom. The van der Waals surface area contributed by atoms with Gasteiger partial charge in [-0.25, -0.2) is 15.0 Å². The van der Waals surface area contributed by atoms with Gasteiger partial charge in [0.2, 0.25) is 0 Å². The third kappa shape index (κ3) is 5.85. The molecule has 284 valence electrons. The van der Waals surface area contributed by atoms with Crippen LogP contribution >= 0.6 is 0 Å². The minimum absolute atomic E-state index is 0.0918. The largest absolute Gasteiger partial charge is 0.309 e. The van der Waals surface area contributed by atoms with Crippen LogP contribution in [0.1, 0.15) is 51.7 Å². The quantitative estimate of drug-likeness (QED) is 0.175. The van der Waals surface area contributed by atoms with Crippen molar-refractivity contribution in [1.29, 1.82) is 0 Å².